The predicted octanol–water partition coefficient (Wildman–Crippen LogP) is 3.53. The number of aromatic nitrogens is 1. The van der Waals surface area contributed by atoms with Gasteiger partial charge in [0.25, 0.3) is 0 Å². The number of H-pyrrole nitrogens is 1. The minimum absolute atomic E-state index is 0.379. The number of alkyl halides is 1. The zero-order valence-corrected chi connectivity index (χ0v) is 8.72. The van der Waals surface area contributed by atoms with E-state index in [-0.39, 0.29) is 0 Å². The Kier molecular flexibility index (Phi) is 2.63. The zero-order valence-electron chi connectivity index (χ0n) is 7.96. The summed E-state index contributed by atoms with van der Waals surface area (Å²) in [6, 6.07) is 4.25. The fourth-order valence-corrected chi connectivity index (χ4v) is 2.60. The highest BCUT2D eigenvalue weighted by atomic mass is 35.5. The molecule has 1 nitrogen and oxygen atoms in total. The summed E-state index contributed by atoms with van der Waals surface area (Å²) in [4.78, 5) is 3.30. The Hall–Kier alpha value is -0.430. The molecule has 13 heavy (non-hydrogen) atoms. The van der Waals surface area contributed by atoms with Crippen molar-refractivity contribution >= 4 is 11.6 Å². The Labute approximate surface area is 84.5 Å². The lowest BCUT2D eigenvalue weighted by Gasteiger charge is -2.31. The van der Waals surface area contributed by atoms with Gasteiger partial charge in [0.2, 0.25) is 0 Å². The molecule has 1 aromatic heterocycles. The van der Waals surface area contributed by atoms with Crippen LogP contribution in [0.2, 0.25) is 0 Å². The topological polar surface area (TPSA) is 15.8 Å². The van der Waals surface area contributed by atoms with E-state index in [0.717, 1.165) is 12.3 Å². The SMILES string of the molecule is CC1CCC(Cl)CC1c1ccc[nH]1. The molecule has 0 radical (unpaired) electrons. The molecule has 2 heteroatoms. The lowest BCUT2D eigenvalue weighted by atomic mass is 9.78. The molecule has 0 amide bonds. The van der Waals surface area contributed by atoms with Crippen LogP contribution in [0.15, 0.2) is 18.3 Å². The largest absolute Gasteiger partial charge is 0.365 e. The lowest BCUT2D eigenvalue weighted by molar-refractivity contribution is 0.330. The van der Waals surface area contributed by atoms with Gasteiger partial charge in [0.1, 0.15) is 0 Å². The molecule has 1 heterocycles. The van der Waals surface area contributed by atoms with Crippen molar-refractivity contribution in [2.24, 2.45) is 5.92 Å². The molecule has 1 fully saturated rings. The lowest BCUT2D eigenvalue weighted by Crippen LogP contribution is -2.21. The summed E-state index contributed by atoms with van der Waals surface area (Å²) in [7, 11) is 0. The standard InChI is InChI=1S/C11H16ClN/c1-8-4-5-9(12)7-10(8)11-3-2-6-13-11/h2-3,6,8-10,13H,4-5,7H2,1H3. The van der Waals surface area contributed by atoms with Gasteiger partial charge in [0.15, 0.2) is 0 Å². The molecule has 1 aromatic rings. The van der Waals surface area contributed by atoms with Gasteiger partial charge in [-0.3, -0.25) is 0 Å². The molecule has 1 N–H and O–H groups in total. The molecule has 1 aliphatic carbocycles. The third-order valence-electron chi connectivity index (χ3n) is 3.15. The van der Waals surface area contributed by atoms with Crippen LogP contribution in [0.3, 0.4) is 0 Å². The highest BCUT2D eigenvalue weighted by Gasteiger charge is 2.28. The van der Waals surface area contributed by atoms with Gasteiger partial charge in [-0.15, -0.1) is 11.6 Å². The fraction of sp³-hybridized carbons (Fsp3) is 0.636. The van der Waals surface area contributed by atoms with Crippen molar-refractivity contribution in [1.29, 1.82) is 0 Å². The zero-order chi connectivity index (χ0) is 9.26. The minimum atomic E-state index is 0.379. The van der Waals surface area contributed by atoms with E-state index in [2.05, 4.69) is 24.0 Å². The van der Waals surface area contributed by atoms with E-state index in [9.17, 15) is 0 Å². The quantitative estimate of drug-likeness (QED) is 0.664. The summed E-state index contributed by atoms with van der Waals surface area (Å²) < 4.78 is 0. The van der Waals surface area contributed by atoms with Crippen LogP contribution in [0.4, 0.5) is 0 Å². The van der Waals surface area contributed by atoms with Crippen LogP contribution in [-0.4, -0.2) is 10.4 Å². The number of nitrogens with one attached hydrogen (secondary N) is 1. The van der Waals surface area contributed by atoms with Crippen molar-refractivity contribution in [1.82, 2.24) is 4.98 Å². The molecule has 0 bridgehead atoms. The van der Waals surface area contributed by atoms with Crippen molar-refractivity contribution in [3.05, 3.63) is 24.0 Å². The van der Waals surface area contributed by atoms with Crippen molar-refractivity contribution in [3.8, 4) is 0 Å². The molecule has 1 saturated carbocycles. The first-order valence-electron chi connectivity index (χ1n) is 5.04. The van der Waals surface area contributed by atoms with Gasteiger partial charge in [-0.2, -0.15) is 0 Å². The van der Waals surface area contributed by atoms with Crippen molar-refractivity contribution < 1.29 is 0 Å². The first-order chi connectivity index (χ1) is 6.27. The van der Waals surface area contributed by atoms with E-state index >= 15 is 0 Å². The second kappa shape index (κ2) is 3.75. The van der Waals surface area contributed by atoms with E-state index in [1.54, 1.807) is 0 Å². The Morgan fingerprint density at radius 1 is 1.46 bits per heavy atom. The Balaban J connectivity index is 2.12. The molecule has 0 spiro atoms. The number of rotatable bonds is 1. The smallest absolute Gasteiger partial charge is 0.0342 e. The fourth-order valence-electron chi connectivity index (χ4n) is 2.28. The third-order valence-corrected chi connectivity index (χ3v) is 3.55. The maximum absolute atomic E-state index is 6.18. The third kappa shape index (κ3) is 1.91. The summed E-state index contributed by atoms with van der Waals surface area (Å²) in [6.45, 7) is 2.33. The van der Waals surface area contributed by atoms with Gasteiger partial charge in [0, 0.05) is 23.2 Å². The highest BCUT2D eigenvalue weighted by molar-refractivity contribution is 6.20. The number of aromatic amines is 1. The van der Waals surface area contributed by atoms with Crippen LogP contribution in [-0.2, 0) is 0 Å². The monoisotopic (exact) mass is 197 g/mol. The first-order valence-corrected chi connectivity index (χ1v) is 5.48. The molecule has 3 unspecified atom stereocenters. The van der Waals surface area contributed by atoms with Crippen LogP contribution in [0, 0.1) is 5.92 Å². The minimum Gasteiger partial charge on any atom is -0.365 e. The van der Waals surface area contributed by atoms with E-state index in [1.807, 2.05) is 6.20 Å². The molecule has 72 valence electrons. The van der Waals surface area contributed by atoms with Crippen LogP contribution < -0.4 is 0 Å². The molecule has 2 rings (SSSR count). The predicted molar refractivity (Wildman–Crippen MR) is 56.2 cm³/mol. The van der Waals surface area contributed by atoms with Gasteiger partial charge in [-0.05, 0) is 37.3 Å². The summed E-state index contributed by atoms with van der Waals surface area (Å²) in [6.07, 6.45) is 5.57. The van der Waals surface area contributed by atoms with Gasteiger partial charge in [0.05, 0.1) is 0 Å². The molecular weight excluding hydrogens is 182 g/mol. The van der Waals surface area contributed by atoms with Crippen LogP contribution in [0.5, 0.6) is 0 Å². The van der Waals surface area contributed by atoms with E-state index < -0.39 is 0 Å². The van der Waals surface area contributed by atoms with Crippen molar-refractivity contribution in [2.45, 2.75) is 37.5 Å². The van der Waals surface area contributed by atoms with E-state index in [4.69, 9.17) is 11.6 Å². The Bertz CT molecular complexity index is 255. The average Bonchev–Trinajstić information content (AvgIpc) is 2.61. The average molecular weight is 198 g/mol. The van der Waals surface area contributed by atoms with Crippen molar-refractivity contribution in [2.75, 3.05) is 0 Å². The molecule has 0 aromatic carbocycles. The Morgan fingerprint density at radius 3 is 3.00 bits per heavy atom. The Morgan fingerprint density at radius 2 is 2.31 bits per heavy atom. The van der Waals surface area contributed by atoms with E-state index in [0.29, 0.717) is 11.3 Å². The summed E-state index contributed by atoms with van der Waals surface area (Å²) >= 11 is 6.18. The van der Waals surface area contributed by atoms with Gasteiger partial charge >= 0.3 is 0 Å². The van der Waals surface area contributed by atoms with Crippen molar-refractivity contribution in [3.63, 3.8) is 0 Å². The molecule has 0 aliphatic heterocycles. The molecular formula is C11H16ClN. The van der Waals surface area contributed by atoms with Crippen LogP contribution in [0.25, 0.3) is 0 Å². The van der Waals surface area contributed by atoms with Crippen LogP contribution in [0.1, 0.15) is 37.8 Å². The second-order valence-corrected chi connectivity index (χ2v) is 4.74. The molecule has 3 atom stereocenters. The van der Waals surface area contributed by atoms with Gasteiger partial charge in [-0.1, -0.05) is 6.92 Å². The molecule has 1 aliphatic rings. The summed E-state index contributed by atoms with van der Waals surface area (Å²) in [5.74, 6) is 1.42. The second-order valence-electron chi connectivity index (χ2n) is 4.12. The van der Waals surface area contributed by atoms with Gasteiger partial charge < -0.3 is 4.98 Å². The van der Waals surface area contributed by atoms with Crippen LogP contribution >= 0.6 is 11.6 Å². The first kappa shape index (κ1) is 9.14. The van der Waals surface area contributed by atoms with E-state index in [1.165, 1.54) is 18.5 Å². The summed E-state index contributed by atoms with van der Waals surface area (Å²) in [5.41, 5.74) is 1.36. The molecule has 0 saturated heterocycles. The number of hydrogen-bond donors (Lipinski definition) is 1. The summed E-state index contributed by atoms with van der Waals surface area (Å²) in [5, 5.41) is 0.379. The normalized spacial score (nSPS) is 34.8. The number of halogens is 1. The maximum Gasteiger partial charge on any atom is 0.0342 e. The highest BCUT2D eigenvalue weighted by Crippen LogP contribution is 2.38. The maximum atomic E-state index is 6.18. The van der Waals surface area contributed by atoms with Gasteiger partial charge in [-0.25, -0.2) is 0 Å². The number of hydrogen-bond acceptors (Lipinski definition) is 0.